The fourth-order valence-electron chi connectivity index (χ4n) is 2.04. The number of hydrogen-bond donors (Lipinski definition) is 3. The number of halogens is 2. The van der Waals surface area contributed by atoms with Gasteiger partial charge >= 0.3 is 0 Å². The smallest absolute Gasteiger partial charge is 0.279 e. The number of quaternary nitrogens is 1. The summed E-state index contributed by atoms with van der Waals surface area (Å²) < 4.78 is 0.806. The number of hydrogen-bond acceptors (Lipinski definition) is 3. The van der Waals surface area contributed by atoms with Crippen LogP contribution in [0.5, 0.6) is 0 Å². The lowest BCUT2D eigenvalue weighted by molar-refractivity contribution is -0.862. The third-order valence-electron chi connectivity index (χ3n) is 3.11. The lowest BCUT2D eigenvalue weighted by Gasteiger charge is -2.14. The molecule has 24 heavy (non-hydrogen) atoms. The number of aromatic nitrogens is 1. The highest BCUT2D eigenvalue weighted by molar-refractivity contribution is 9.10. The summed E-state index contributed by atoms with van der Waals surface area (Å²) in [6, 6.07) is 10.7. The average Bonchev–Trinajstić information content (AvgIpc) is 2.51. The van der Waals surface area contributed by atoms with Crippen molar-refractivity contribution in [2.45, 2.75) is 0 Å². The van der Waals surface area contributed by atoms with Crippen LogP contribution in [0, 0.1) is 0 Å². The van der Waals surface area contributed by atoms with E-state index in [0.717, 1.165) is 9.37 Å². The summed E-state index contributed by atoms with van der Waals surface area (Å²) in [5.41, 5.74) is 1.15. The standard InChI is InChI=1S/C16H16BrClN4O2/c1-22(9-14(23)20-12-6-3-2-5-11(12)17)10-15(24)21-13-7-4-8-19-16(13)18/h2-8H,9-10H2,1H3,(H,20,23)(H,21,24)/p+1. The van der Waals surface area contributed by atoms with Gasteiger partial charge < -0.3 is 15.5 Å². The van der Waals surface area contributed by atoms with Gasteiger partial charge in [-0.25, -0.2) is 4.98 Å². The molecule has 3 N–H and O–H groups in total. The second-order valence-corrected chi connectivity index (χ2v) is 6.44. The number of nitrogens with zero attached hydrogens (tertiary/aromatic N) is 1. The zero-order valence-electron chi connectivity index (χ0n) is 13.0. The van der Waals surface area contributed by atoms with Gasteiger partial charge in [0.2, 0.25) is 0 Å². The molecule has 0 aliphatic rings. The van der Waals surface area contributed by atoms with Crippen molar-refractivity contribution in [1.82, 2.24) is 4.98 Å². The first-order chi connectivity index (χ1) is 11.5. The Morgan fingerprint density at radius 3 is 2.29 bits per heavy atom. The molecule has 1 heterocycles. The van der Waals surface area contributed by atoms with Gasteiger partial charge in [0.25, 0.3) is 11.8 Å². The average molecular weight is 413 g/mol. The van der Waals surface area contributed by atoms with Gasteiger partial charge in [0.05, 0.1) is 18.4 Å². The van der Waals surface area contributed by atoms with Crippen LogP contribution >= 0.6 is 27.5 Å². The largest absolute Gasteiger partial charge is 0.322 e. The molecule has 0 fully saturated rings. The highest BCUT2D eigenvalue weighted by atomic mass is 79.9. The number of carbonyl (C=O) groups is 2. The lowest BCUT2D eigenvalue weighted by Crippen LogP contribution is -3.11. The number of nitrogens with one attached hydrogen (secondary N) is 3. The maximum atomic E-state index is 12.1. The molecular weight excluding hydrogens is 396 g/mol. The molecule has 2 amide bonds. The molecule has 2 aromatic rings. The minimum atomic E-state index is -0.240. The van der Waals surface area contributed by atoms with Gasteiger partial charge in [-0.15, -0.1) is 0 Å². The zero-order valence-corrected chi connectivity index (χ0v) is 15.3. The fraction of sp³-hybridized carbons (Fsp3) is 0.188. The Kier molecular flexibility index (Phi) is 6.72. The molecule has 0 spiro atoms. The number of para-hydroxylation sites is 1. The number of pyridine rings is 1. The number of amides is 2. The second kappa shape index (κ2) is 8.77. The van der Waals surface area contributed by atoms with Crippen molar-refractivity contribution in [3.8, 4) is 0 Å². The van der Waals surface area contributed by atoms with Gasteiger partial charge in [0.15, 0.2) is 18.2 Å². The van der Waals surface area contributed by atoms with E-state index in [-0.39, 0.29) is 30.1 Å². The van der Waals surface area contributed by atoms with Crippen LogP contribution in [0.2, 0.25) is 5.15 Å². The molecule has 0 saturated heterocycles. The van der Waals surface area contributed by atoms with E-state index in [4.69, 9.17) is 11.6 Å². The van der Waals surface area contributed by atoms with E-state index < -0.39 is 0 Å². The third-order valence-corrected chi connectivity index (χ3v) is 4.10. The maximum absolute atomic E-state index is 12.1. The summed E-state index contributed by atoms with van der Waals surface area (Å²) in [6.45, 7) is 0.296. The Hall–Kier alpha value is -1.96. The molecule has 2 rings (SSSR count). The molecule has 1 aromatic carbocycles. The first-order valence-corrected chi connectivity index (χ1v) is 8.39. The number of carbonyl (C=O) groups excluding carboxylic acids is 2. The van der Waals surface area contributed by atoms with Crippen LogP contribution < -0.4 is 15.5 Å². The minimum Gasteiger partial charge on any atom is -0.322 e. The molecule has 0 saturated carbocycles. The van der Waals surface area contributed by atoms with Crippen molar-refractivity contribution in [2.24, 2.45) is 0 Å². The Morgan fingerprint density at radius 1 is 1.08 bits per heavy atom. The molecule has 1 aromatic heterocycles. The van der Waals surface area contributed by atoms with Crippen LogP contribution in [-0.4, -0.2) is 36.9 Å². The van der Waals surface area contributed by atoms with Gasteiger partial charge in [0.1, 0.15) is 0 Å². The van der Waals surface area contributed by atoms with Gasteiger partial charge in [-0.2, -0.15) is 0 Å². The highest BCUT2D eigenvalue weighted by Crippen LogP contribution is 2.20. The van der Waals surface area contributed by atoms with Crippen molar-refractivity contribution < 1.29 is 14.5 Å². The summed E-state index contributed by atoms with van der Waals surface area (Å²) in [6.07, 6.45) is 1.54. The summed E-state index contributed by atoms with van der Waals surface area (Å²) in [5.74, 6) is -0.414. The number of likely N-dealkylation sites (N-methyl/N-ethyl adjacent to an activating group) is 1. The first kappa shape index (κ1) is 18.4. The van der Waals surface area contributed by atoms with E-state index in [2.05, 4.69) is 31.5 Å². The van der Waals surface area contributed by atoms with Crippen molar-refractivity contribution >= 4 is 50.7 Å². The molecule has 8 heteroatoms. The fourth-order valence-corrected chi connectivity index (χ4v) is 2.59. The summed E-state index contributed by atoms with van der Waals surface area (Å²) in [4.78, 5) is 28.7. The first-order valence-electron chi connectivity index (χ1n) is 7.21. The van der Waals surface area contributed by atoms with Crippen LogP contribution in [0.4, 0.5) is 11.4 Å². The third kappa shape index (κ3) is 5.59. The molecule has 1 unspecified atom stereocenters. The second-order valence-electron chi connectivity index (χ2n) is 5.23. The molecule has 0 radical (unpaired) electrons. The molecule has 126 valence electrons. The quantitative estimate of drug-likeness (QED) is 0.631. The van der Waals surface area contributed by atoms with Crippen molar-refractivity contribution in [2.75, 3.05) is 30.8 Å². The van der Waals surface area contributed by atoms with E-state index in [1.54, 1.807) is 31.4 Å². The van der Waals surface area contributed by atoms with Gasteiger partial charge in [0, 0.05) is 10.7 Å². The Labute approximate surface area is 153 Å². The van der Waals surface area contributed by atoms with Crippen LogP contribution in [0.25, 0.3) is 0 Å². The van der Waals surface area contributed by atoms with E-state index in [1.165, 1.54) is 0 Å². The molecule has 0 bridgehead atoms. The van der Waals surface area contributed by atoms with Gasteiger partial charge in [-0.3, -0.25) is 9.59 Å². The number of anilines is 2. The van der Waals surface area contributed by atoms with Crippen LogP contribution in [0.3, 0.4) is 0 Å². The molecule has 6 nitrogen and oxygen atoms in total. The van der Waals surface area contributed by atoms with Gasteiger partial charge in [-0.05, 0) is 40.2 Å². The topological polar surface area (TPSA) is 75.5 Å². The van der Waals surface area contributed by atoms with E-state index in [0.29, 0.717) is 11.4 Å². The Bertz CT molecular complexity index is 680. The number of benzene rings is 1. The van der Waals surface area contributed by atoms with E-state index in [9.17, 15) is 9.59 Å². The van der Waals surface area contributed by atoms with Gasteiger partial charge in [-0.1, -0.05) is 23.7 Å². The maximum Gasteiger partial charge on any atom is 0.279 e. The SMILES string of the molecule is C[NH+](CC(=O)Nc1ccccc1Br)CC(=O)Nc1cccnc1Cl. The van der Waals surface area contributed by atoms with Crippen molar-refractivity contribution in [3.63, 3.8) is 0 Å². The summed E-state index contributed by atoms with van der Waals surface area (Å²) in [7, 11) is 1.77. The van der Waals surface area contributed by atoms with Crippen molar-refractivity contribution in [3.05, 3.63) is 52.2 Å². The van der Waals surface area contributed by atoms with Crippen LogP contribution in [0.1, 0.15) is 0 Å². The normalized spacial score (nSPS) is 11.6. The number of rotatable bonds is 6. The van der Waals surface area contributed by atoms with Crippen LogP contribution in [0.15, 0.2) is 47.1 Å². The molecule has 1 atom stereocenters. The van der Waals surface area contributed by atoms with E-state index >= 15 is 0 Å². The molecular formula is C16H17BrClN4O2+. The zero-order chi connectivity index (χ0) is 17.5. The predicted octanol–water partition coefficient (Wildman–Crippen LogP) is 1.59. The van der Waals surface area contributed by atoms with E-state index in [1.807, 2.05) is 18.2 Å². The lowest BCUT2D eigenvalue weighted by atomic mass is 10.3. The minimum absolute atomic E-state index is 0.134. The predicted molar refractivity (Wildman–Crippen MR) is 97.3 cm³/mol. The molecule has 0 aliphatic heterocycles. The highest BCUT2D eigenvalue weighted by Gasteiger charge is 2.16. The van der Waals surface area contributed by atoms with Crippen molar-refractivity contribution in [1.29, 1.82) is 0 Å². The monoisotopic (exact) mass is 411 g/mol. The Morgan fingerprint density at radius 2 is 1.67 bits per heavy atom. The molecule has 0 aliphatic carbocycles. The summed E-state index contributed by atoms with van der Waals surface area (Å²) in [5, 5.41) is 5.72. The summed E-state index contributed by atoms with van der Waals surface area (Å²) >= 11 is 9.26. The Balaban J connectivity index is 1.83. The van der Waals surface area contributed by atoms with Crippen LogP contribution in [-0.2, 0) is 9.59 Å².